The maximum atomic E-state index is 13.5. The normalized spacial score (nSPS) is 21.5. The molecule has 0 radical (unpaired) electrons. The second-order valence-corrected chi connectivity index (χ2v) is 11.1. The summed E-state index contributed by atoms with van der Waals surface area (Å²) in [7, 11) is 0. The zero-order valence-corrected chi connectivity index (χ0v) is 19.9. The minimum atomic E-state index is -0.766. The van der Waals surface area contributed by atoms with Gasteiger partial charge in [-0.25, -0.2) is 4.39 Å². The van der Waals surface area contributed by atoms with Crippen molar-refractivity contribution in [3.63, 3.8) is 0 Å². The number of thioether (sulfide) groups is 1. The van der Waals surface area contributed by atoms with Gasteiger partial charge in [-0.3, -0.25) is 14.4 Å². The van der Waals surface area contributed by atoms with Crippen LogP contribution in [0.3, 0.4) is 0 Å². The van der Waals surface area contributed by atoms with E-state index in [1.54, 1.807) is 34.9 Å². The number of fused-ring (bicyclic) bond motifs is 3. The highest BCUT2D eigenvalue weighted by molar-refractivity contribution is 8.01. The zero-order chi connectivity index (χ0) is 23.9. The molecular weight excluding hydrogens is 441 g/mol. The van der Waals surface area contributed by atoms with Crippen molar-refractivity contribution in [3.05, 3.63) is 71.0 Å². The van der Waals surface area contributed by atoms with Crippen LogP contribution in [0.4, 0.5) is 4.39 Å². The van der Waals surface area contributed by atoms with E-state index in [1.165, 1.54) is 12.1 Å². The van der Waals surface area contributed by atoms with Gasteiger partial charge < -0.3 is 15.5 Å². The van der Waals surface area contributed by atoms with Crippen molar-refractivity contribution in [2.24, 2.45) is 5.92 Å². The van der Waals surface area contributed by atoms with E-state index in [9.17, 15) is 18.8 Å². The first-order valence-corrected chi connectivity index (χ1v) is 11.9. The summed E-state index contributed by atoms with van der Waals surface area (Å²) >= 11 is 1.59. The standard InChI is InChI=1S/C25H28FN3O3S/c1-14(2)19(21(30)27-13-15-9-11-16(26)12-10-15)28-22(31)20-25(3,4)33-24-18-8-6-5-7-17(18)23(32)29(20)24/h5-12,14,19-20,24H,13H2,1-4H3,(H,27,30)(H,28,31). The van der Waals surface area contributed by atoms with Gasteiger partial charge in [0.05, 0.1) is 0 Å². The maximum Gasteiger partial charge on any atom is 0.256 e. The molecule has 0 saturated carbocycles. The minimum absolute atomic E-state index is 0.157. The molecule has 1 saturated heterocycles. The molecule has 0 spiro atoms. The lowest BCUT2D eigenvalue weighted by molar-refractivity contribution is -0.132. The van der Waals surface area contributed by atoms with Gasteiger partial charge in [-0.1, -0.05) is 44.2 Å². The fourth-order valence-electron chi connectivity index (χ4n) is 4.47. The average molecular weight is 470 g/mol. The fourth-order valence-corrected chi connectivity index (χ4v) is 6.06. The largest absolute Gasteiger partial charge is 0.350 e. The van der Waals surface area contributed by atoms with E-state index in [1.807, 2.05) is 45.9 Å². The lowest BCUT2D eigenvalue weighted by Crippen LogP contribution is -2.58. The topological polar surface area (TPSA) is 78.5 Å². The van der Waals surface area contributed by atoms with E-state index in [2.05, 4.69) is 10.6 Å². The summed E-state index contributed by atoms with van der Waals surface area (Å²) in [6.45, 7) is 7.85. The van der Waals surface area contributed by atoms with Crippen LogP contribution in [0.5, 0.6) is 0 Å². The number of amides is 3. The molecule has 0 bridgehead atoms. The van der Waals surface area contributed by atoms with E-state index in [-0.39, 0.29) is 41.4 Å². The van der Waals surface area contributed by atoms with Crippen LogP contribution in [0.2, 0.25) is 0 Å². The van der Waals surface area contributed by atoms with Gasteiger partial charge in [0, 0.05) is 16.9 Å². The summed E-state index contributed by atoms with van der Waals surface area (Å²) in [6.07, 6.45) is 0. The molecule has 4 rings (SSSR count). The maximum absolute atomic E-state index is 13.5. The number of hydrogen-bond donors (Lipinski definition) is 2. The Hall–Kier alpha value is -2.87. The number of rotatable bonds is 6. The molecule has 2 N–H and O–H groups in total. The molecule has 3 unspecified atom stereocenters. The monoisotopic (exact) mass is 469 g/mol. The number of halogens is 1. The molecule has 3 atom stereocenters. The van der Waals surface area contributed by atoms with Crippen LogP contribution >= 0.6 is 11.8 Å². The van der Waals surface area contributed by atoms with Gasteiger partial charge in [0.1, 0.15) is 23.3 Å². The molecule has 2 aliphatic rings. The van der Waals surface area contributed by atoms with E-state index in [4.69, 9.17) is 0 Å². The molecule has 2 aliphatic heterocycles. The fraction of sp³-hybridized carbons (Fsp3) is 0.400. The Morgan fingerprint density at radius 1 is 1.12 bits per heavy atom. The number of hydrogen-bond acceptors (Lipinski definition) is 4. The highest BCUT2D eigenvalue weighted by Gasteiger charge is 2.57. The van der Waals surface area contributed by atoms with Crippen LogP contribution in [0.25, 0.3) is 0 Å². The molecule has 2 aromatic carbocycles. The van der Waals surface area contributed by atoms with E-state index in [0.29, 0.717) is 5.56 Å². The Labute approximate surface area is 197 Å². The third-order valence-electron chi connectivity index (χ3n) is 6.17. The van der Waals surface area contributed by atoms with Gasteiger partial charge >= 0.3 is 0 Å². The highest BCUT2D eigenvalue weighted by Crippen LogP contribution is 2.56. The molecule has 2 heterocycles. The second-order valence-electron chi connectivity index (χ2n) is 9.35. The van der Waals surface area contributed by atoms with Gasteiger partial charge in [-0.15, -0.1) is 11.8 Å². The molecule has 8 heteroatoms. The zero-order valence-electron chi connectivity index (χ0n) is 19.1. The predicted octanol–water partition coefficient (Wildman–Crippen LogP) is 3.63. The highest BCUT2D eigenvalue weighted by atomic mass is 32.2. The Morgan fingerprint density at radius 2 is 1.79 bits per heavy atom. The van der Waals surface area contributed by atoms with Gasteiger partial charge in [0.15, 0.2) is 0 Å². The van der Waals surface area contributed by atoms with Crippen LogP contribution in [0.15, 0.2) is 48.5 Å². The predicted molar refractivity (Wildman–Crippen MR) is 126 cm³/mol. The van der Waals surface area contributed by atoms with Gasteiger partial charge in [0.2, 0.25) is 11.8 Å². The molecule has 174 valence electrons. The average Bonchev–Trinajstić information content (AvgIpc) is 3.20. The van der Waals surface area contributed by atoms with Gasteiger partial charge in [-0.2, -0.15) is 0 Å². The molecular formula is C25H28FN3O3S. The van der Waals surface area contributed by atoms with E-state index < -0.39 is 16.8 Å². The molecule has 2 aromatic rings. The summed E-state index contributed by atoms with van der Waals surface area (Å²) < 4.78 is 12.6. The first-order chi connectivity index (χ1) is 15.6. The van der Waals surface area contributed by atoms with Gasteiger partial charge in [-0.05, 0) is 49.1 Å². The van der Waals surface area contributed by atoms with Crippen molar-refractivity contribution in [1.29, 1.82) is 0 Å². The number of benzene rings is 2. The van der Waals surface area contributed by atoms with Gasteiger partial charge in [0.25, 0.3) is 5.91 Å². The Balaban J connectivity index is 1.49. The van der Waals surface area contributed by atoms with Crippen LogP contribution in [-0.2, 0) is 16.1 Å². The smallest absolute Gasteiger partial charge is 0.256 e. The Kier molecular flexibility index (Phi) is 6.22. The van der Waals surface area contributed by atoms with E-state index >= 15 is 0 Å². The second kappa shape index (κ2) is 8.82. The first-order valence-electron chi connectivity index (χ1n) is 11.0. The molecule has 1 fully saturated rings. The third kappa shape index (κ3) is 4.36. The molecule has 0 aliphatic carbocycles. The van der Waals surface area contributed by atoms with Crippen LogP contribution < -0.4 is 10.6 Å². The summed E-state index contributed by atoms with van der Waals surface area (Å²) in [5.41, 5.74) is 2.31. The van der Waals surface area contributed by atoms with Crippen LogP contribution in [-0.4, -0.2) is 39.5 Å². The molecule has 33 heavy (non-hydrogen) atoms. The van der Waals surface area contributed by atoms with Crippen molar-refractivity contribution >= 4 is 29.5 Å². The lowest BCUT2D eigenvalue weighted by Gasteiger charge is -2.32. The van der Waals surface area contributed by atoms with Crippen molar-refractivity contribution < 1.29 is 18.8 Å². The molecule has 6 nitrogen and oxygen atoms in total. The third-order valence-corrected chi connectivity index (χ3v) is 7.71. The number of carbonyl (C=O) groups is 3. The van der Waals surface area contributed by atoms with Crippen molar-refractivity contribution in [2.45, 2.75) is 56.4 Å². The van der Waals surface area contributed by atoms with E-state index in [0.717, 1.165) is 11.1 Å². The molecule has 0 aromatic heterocycles. The number of nitrogens with one attached hydrogen (secondary N) is 2. The molecule has 3 amide bonds. The summed E-state index contributed by atoms with van der Waals surface area (Å²) in [6, 6.07) is 11.9. The number of nitrogens with zero attached hydrogens (tertiary/aromatic N) is 1. The van der Waals surface area contributed by atoms with Crippen molar-refractivity contribution in [2.75, 3.05) is 0 Å². The number of carbonyl (C=O) groups excluding carboxylic acids is 3. The van der Waals surface area contributed by atoms with Crippen LogP contribution in [0, 0.1) is 11.7 Å². The van der Waals surface area contributed by atoms with Crippen LogP contribution in [0.1, 0.15) is 54.6 Å². The Morgan fingerprint density at radius 3 is 2.45 bits per heavy atom. The summed E-state index contributed by atoms with van der Waals surface area (Å²) in [4.78, 5) is 41.2. The Bertz CT molecular complexity index is 1090. The quantitative estimate of drug-likeness (QED) is 0.677. The van der Waals surface area contributed by atoms with Crippen molar-refractivity contribution in [1.82, 2.24) is 15.5 Å². The summed E-state index contributed by atoms with van der Waals surface area (Å²) in [5.74, 6) is -1.32. The SMILES string of the molecule is CC(C)C(NC(=O)C1N2C(=O)c3ccccc3C2SC1(C)C)C(=O)NCc1ccc(F)cc1. The first kappa shape index (κ1) is 23.3. The minimum Gasteiger partial charge on any atom is -0.350 e. The van der Waals surface area contributed by atoms with Crippen molar-refractivity contribution in [3.8, 4) is 0 Å². The lowest BCUT2D eigenvalue weighted by atomic mass is 9.98. The summed E-state index contributed by atoms with van der Waals surface area (Å²) in [5, 5.41) is 5.51.